The predicted molar refractivity (Wildman–Crippen MR) is 94.1 cm³/mol. The fourth-order valence-electron chi connectivity index (χ4n) is 3.20. The van der Waals surface area contributed by atoms with E-state index < -0.39 is 0 Å². The van der Waals surface area contributed by atoms with E-state index in [0.717, 1.165) is 44.6 Å². The minimum Gasteiger partial charge on any atom is -0.339 e. The standard InChI is InChI=1S/C16H23N3O.2ClH/c1-18(2)15-5-7-19(8-6-15)16(20)12-3-4-13-10-17-11-14(13)9-12;;/h3-4,9,15,17H,5-8,10-11H2,1-2H3;2*1H. The van der Waals surface area contributed by atoms with Crippen LogP contribution in [0.3, 0.4) is 0 Å². The maximum absolute atomic E-state index is 12.6. The number of likely N-dealkylation sites (tertiary alicyclic amines) is 1. The van der Waals surface area contributed by atoms with E-state index in [1.807, 2.05) is 11.0 Å². The highest BCUT2D eigenvalue weighted by atomic mass is 35.5. The molecule has 0 radical (unpaired) electrons. The second kappa shape index (κ2) is 8.16. The summed E-state index contributed by atoms with van der Waals surface area (Å²) < 4.78 is 0. The average Bonchev–Trinajstić information content (AvgIpc) is 2.94. The molecule has 1 amide bonds. The van der Waals surface area contributed by atoms with Crippen molar-refractivity contribution in [2.24, 2.45) is 0 Å². The number of carbonyl (C=O) groups excluding carboxylic acids is 1. The smallest absolute Gasteiger partial charge is 0.253 e. The van der Waals surface area contributed by atoms with Gasteiger partial charge in [0.15, 0.2) is 0 Å². The Kier molecular flexibility index (Phi) is 7.13. The largest absolute Gasteiger partial charge is 0.339 e. The predicted octanol–water partition coefficient (Wildman–Crippen LogP) is 2.30. The van der Waals surface area contributed by atoms with Crippen LogP contribution in [0.15, 0.2) is 18.2 Å². The van der Waals surface area contributed by atoms with Crippen LogP contribution in [-0.4, -0.2) is 48.9 Å². The molecular weight excluding hydrogens is 321 g/mol. The fraction of sp³-hybridized carbons (Fsp3) is 0.562. The van der Waals surface area contributed by atoms with Crippen molar-refractivity contribution in [2.75, 3.05) is 27.2 Å². The number of carbonyl (C=O) groups is 1. The van der Waals surface area contributed by atoms with Crippen LogP contribution >= 0.6 is 24.8 Å². The van der Waals surface area contributed by atoms with Crippen molar-refractivity contribution < 1.29 is 4.79 Å². The molecule has 1 aromatic carbocycles. The second-order valence-corrected chi connectivity index (χ2v) is 6.07. The molecule has 0 bridgehead atoms. The third kappa shape index (κ3) is 3.93. The highest BCUT2D eigenvalue weighted by Gasteiger charge is 2.25. The summed E-state index contributed by atoms with van der Waals surface area (Å²) in [6.07, 6.45) is 2.15. The maximum atomic E-state index is 12.6. The Balaban J connectivity index is 0.00000121. The summed E-state index contributed by atoms with van der Waals surface area (Å²) in [4.78, 5) is 16.8. The first kappa shape index (κ1) is 19.2. The zero-order valence-corrected chi connectivity index (χ0v) is 14.8. The van der Waals surface area contributed by atoms with Gasteiger partial charge in [0.25, 0.3) is 5.91 Å². The lowest BCUT2D eigenvalue weighted by molar-refractivity contribution is 0.0663. The first-order chi connectivity index (χ1) is 9.65. The van der Waals surface area contributed by atoms with E-state index in [4.69, 9.17) is 0 Å². The molecule has 1 N–H and O–H groups in total. The molecule has 4 nitrogen and oxygen atoms in total. The van der Waals surface area contributed by atoms with Gasteiger partial charge in [-0.1, -0.05) is 6.07 Å². The number of benzene rings is 1. The minimum absolute atomic E-state index is 0. The summed E-state index contributed by atoms with van der Waals surface area (Å²) in [7, 11) is 4.24. The van der Waals surface area contributed by atoms with Crippen LogP contribution in [0.4, 0.5) is 0 Å². The molecule has 0 spiro atoms. The third-order valence-electron chi connectivity index (χ3n) is 4.57. The molecule has 0 aromatic heterocycles. The molecule has 0 unspecified atom stereocenters. The van der Waals surface area contributed by atoms with Gasteiger partial charge >= 0.3 is 0 Å². The van der Waals surface area contributed by atoms with Crippen LogP contribution < -0.4 is 5.32 Å². The van der Waals surface area contributed by atoms with E-state index in [1.165, 1.54) is 11.1 Å². The SMILES string of the molecule is CN(C)C1CCN(C(=O)c2ccc3c(c2)CNC3)CC1.Cl.Cl. The summed E-state index contributed by atoms with van der Waals surface area (Å²) in [5, 5.41) is 3.32. The molecule has 3 rings (SSSR count). The summed E-state index contributed by atoms with van der Waals surface area (Å²) in [6, 6.07) is 6.75. The molecule has 2 heterocycles. The lowest BCUT2D eigenvalue weighted by Crippen LogP contribution is -2.44. The van der Waals surface area contributed by atoms with Gasteiger partial charge in [0.1, 0.15) is 0 Å². The van der Waals surface area contributed by atoms with Gasteiger partial charge in [0.2, 0.25) is 0 Å². The molecule has 6 heteroatoms. The number of hydrogen-bond acceptors (Lipinski definition) is 3. The minimum atomic E-state index is 0. The molecule has 2 aliphatic heterocycles. The molecule has 0 saturated carbocycles. The van der Waals surface area contributed by atoms with Gasteiger partial charge in [0, 0.05) is 37.8 Å². The molecule has 1 fully saturated rings. The van der Waals surface area contributed by atoms with Crippen molar-refractivity contribution in [3.8, 4) is 0 Å². The Bertz CT molecular complexity index is 514. The Morgan fingerprint density at radius 1 is 1.14 bits per heavy atom. The Hall–Kier alpha value is -0.810. The normalized spacial score (nSPS) is 17.7. The summed E-state index contributed by atoms with van der Waals surface area (Å²) in [5.41, 5.74) is 3.45. The number of piperidine rings is 1. The number of nitrogens with zero attached hydrogens (tertiary/aromatic N) is 2. The number of amides is 1. The quantitative estimate of drug-likeness (QED) is 0.893. The molecule has 124 valence electrons. The summed E-state index contributed by atoms with van der Waals surface area (Å²) >= 11 is 0. The molecule has 2 aliphatic rings. The topological polar surface area (TPSA) is 35.6 Å². The van der Waals surface area contributed by atoms with Crippen molar-refractivity contribution in [3.05, 3.63) is 34.9 Å². The second-order valence-electron chi connectivity index (χ2n) is 6.07. The third-order valence-corrected chi connectivity index (χ3v) is 4.57. The molecule has 22 heavy (non-hydrogen) atoms. The Morgan fingerprint density at radius 3 is 2.41 bits per heavy atom. The van der Waals surface area contributed by atoms with Crippen molar-refractivity contribution >= 4 is 30.7 Å². The van der Waals surface area contributed by atoms with Gasteiger partial charge in [-0.15, -0.1) is 24.8 Å². The van der Waals surface area contributed by atoms with Crippen LogP contribution in [0.5, 0.6) is 0 Å². The van der Waals surface area contributed by atoms with Crippen LogP contribution in [0.25, 0.3) is 0 Å². The van der Waals surface area contributed by atoms with Gasteiger partial charge in [-0.25, -0.2) is 0 Å². The van der Waals surface area contributed by atoms with Gasteiger partial charge in [0.05, 0.1) is 0 Å². The van der Waals surface area contributed by atoms with Crippen molar-refractivity contribution in [3.63, 3.8) is 0 Å². The number of hydrogen-bond donors (Lipinski definition) is 1. The fourth-order valence-corrected chi connectivity index (χ4v) is 3.20. The molecule has 1 saturated heterocycles. The highest BCUT2D eigenvalue weighted by molar-refractivity contribution is 5.94. The van der Waals surface area contributed by atoms with E-state index in [0.29, 0.717) is 6.04 Å². The number of fused-ring (bicyclic) bond motifs is 1. The number of nitrogens with one attached hydrogen (secondary N) is 1. The first-order valence-corrected chi connectivity index (χ1v) is 7.43. The first-order valence-electron chi connectivity index (χ1n) is 7.43. The van der Waals surface area contributed by atoms with E-state index in [-0.39, 0.29) is 30.7 Å². The van der Waals surface area contributed by atoms with Crippen LogP contribution in [0, 0.1) is 0 Å². The number of halogens is 2. The molecule has 0 atom stereocenters. The maximum Gasteiger partial charge on any atom is 0.253 e. The highest BCUT2D eigenvalue weighted by Crippen LogP contribution is 2.20. The summed E-state index contributed by atoms with van der Waals surface area (Å²) in [6.45, 7) is 3.56. The van der Waals surface area contributed by atoms with Gasteiger partial charge in [-0.3, -0.25) is 4.79 Å². The van der Waals surface area contributed by atoms with Crippen molar-refractivity contribution in [2.45, 2.75) is 32.0 Å². The zero-order chi connectivity index (χ0) is 14.1. The van der Waals surface area contributed by atoms with Gasteiger partial charge in [-0.2, -0.15) is 0 Å². The molecule has 1 aromatic rings. The van der Waals surface area contributed by atoms with Gasteiger partial charge in [-0.05, 0) is 50.2 Å². The Labute approximate surface area is 145 Å². The zero-order valence-electron chi connectivity index (χ0n) is 13.2. The molecule has 0 aliphatic carbocycles. The Morgan fingerprint density at radius 2 is 1.77 bits per heavy atom. The average molecular weight is 346 g/mol. The number of rotatable bonds is 2. The van der Waals surface area contributed by atoms with Crippen LogP contribution in [0.2, 0.25) is 0 Å². The van der Waals surface area contributed by atoms with Crippen molar-refractivity contribution in [1.29, 1.82) is 0 Å². The summed E-state index contributed by atoms with van der Waals surface area (Å²) in [5.74, 6) is 0.192. The van der Waals surface area contributed by atoms with Gasteiger partial charge < -0.3 is 15.1 Å². The van der Waals surface area contributed by atoms with Crippen LogP contribution in [0.1, 0.15) is 34.3 Å². The monoisotopic (exact) mass is 345 g/mol. The lowest BCUT2D eigenvalue weighted by atomic mass is 10.0. The van der Waals surface area contributed by atoms with E-state index in [1.54, 1.807) is 0 Å². The lowest BCUT2D eigenvalue weighted by Gasteiger charge is -2.35. The van der Waals surface area contributed by atoms with E-state index >= 15 is 0 Å². The van der Waals surface area contributed by atoms with Crippen molar-refractivity contribution in [1.82, 2.24) is 15.1 Å². The van der Waals surface area contributed by atoms with E-state index in [2.05, 4.69) is 36.4 Å². The van der Waals surface area contributed by atoms with E-state index in [9.17, 15) is 4.79 Å². The molecular formula is C16H25Cl2N3O. The van der Waals surface area contributed by atoms with Crippen LogP contribution in [-0.2, 0) is 13.1 Å².